The molecule has 6 nitrogen and oxygen atoms in total. The molecule has 0 fully saturated rings. The third-order valence-electron chi connectivity index (χ3n) is 2.72. The zero-order valence-corrected chi connectivity index (χ0v) is 10.1. The third kappa shape index (κ3) is 2.57. The van der Waals surface area contributed by atoms with Crippen LogP contribution in [0.4, 0.5) is 5.69 Å². The molecule has 19 heavy (non-hydrogen) atoms. The van der Waals surface area contributed by atoms with Crippen LogP contribution in [0.25, 0.3) is 11.4 Å². The van der Waals surface area contributed by atoms with E-state index in [4.69, 9.17) is 0 Å². The second-order valence-corrected chi connectivity index (χ2v) is 4.00. The van der Waals surface area contributed by atoms with Crippen molar-refractivity contribution in [3.05, 3.63) is 54.4 Å². The number of nitrogens with zero attached hydrogens (tertiary/aromatic N) is 4. The highest BCUT2D eigenvalue weighted by molar-refractivity contribution is 5.72. The number of tetrazole rings is 1. The maximum absolute atomic E-state index is 4.09. The van der Waals surface area contributed by atoms with Gasteiger partial charge in [-0.25, -0.2) is 0 Å². The van der Waals surface area contributed by atoms with Crippen LogP contribution in [-0.4, -0.2) is 25.6 Å². The van der Waals surface area contributed by atoms with Crippen molar-refractivity contribution in [2.45, 2.75) is 6.54 Å². The summed E-state index contributed by atoms with van der Waals surface area (Å²) in [4.78, 5) is 4.09. The van der Waals surface area contributed by atoms with Gasteiger partial charge in [-0.15, -0.1) is 10.2 Å². The zero-order chi connectivity index (χ0) is 12.9. The lowest BCUT2D eigenvalue weighted by atomic mass is 10.1. The molecule has 0 saturated heterocycles. The van der Waals surface area contributed by atoms with Gasteiger partial charge in [0.15, 0.2) is 0 Å². The van der Waals surface area contributed by atoms with Crippen LogP contribution in [-0.2, 0) is 6.54 Å². The van der Waals surface area contributed by atoms with E-state index < -0.39 is 0 Å². The Hall–Kier alpha value is -2.76. The Labute approximate surface area is 109 Å². The van der Waals surface area contributed by atoms with Crippen molar-refractivity contribution in [1.29, 1.82) is 0 Å². The SMILES string of the molecule is c1cncc(CNc2ccccc2-c2nn[nH]n2)c1. The molecule has 0 bridgehead atoms. The Morgan fingerprint density at radius 3 is 2.84 bits per heavy atom. The van der Waals surface area contributed by atoms with Crippen LogP contribution in [0, 0.1) is 0 Å². The quantitative estimate of drug-likeness (QED) is 0.741. The van der Waals surface area contributed by atoms with E-state index in [1.165, 1.54) is 0 Å². The highest BCUT2D eigenvalue weighted by Crippen LogP contribution is 2.24. The molecule has 0 amide bonds. The molecular formula is C13H12N6. The summed E-state index contributed by atoms with van der Waals surface area (Å²) in [7, 11) is 0. The van der Waals surface area contributed by atoms with Crippen LogP contribution < -0.4 is 5.32 Å². The van der Waals surface area contributed by atoms with Crippen molar-refractivity contribution in [1.82, 2.24) is 25.6 Å². The first-order valence-corrected chi connectivity index (χ1v) is 5.89. The van der Waals surface area contributed by atoms with Crippen LogP contribution >= 0.6 is 0 Å². The predicted molar refractivity (Wildman–Crippen MR) is 71.2 cm³/mol. The fraction of sp³-hybridized carbons (Fsp3) is 0.0769. The molecule has 1 aromatic carbocycles. The number of para-hydroxylation sites is 1. The standard InChI is InChI=1S/C13H12N6/c1-2-6-12(11(5-1)13-16-18-19-17-13)15-9-10-4-3-7-14-8-10/h1-8,15H,9H2,(H,16,17,18,19). The first kappa shape index (κ1) is 11.3. The van der Waals surface area contributed by atoms with Gasteiger partial charge < -0.3 is 5.32 Å². The lowest BCUT2D eigenvalue weighted by molar-refractivity contribution is 0.881. The van der Waals surface area contributed by atoms with Crippen molar-refractivity contribution >= 4 is 5.69 Å². The highest BCUT2D eigenvalue weighted by Gasteiger charge is 2.08. The topological polar surface area (TPSA) is 79.4 Å². The average molecular weight is 252 g/mol. The van der Waals surface area contributed by atoms with Gasteiger partial charge in [0.05, 0.1) is 0 Å². The summed E-state index contributed by atoms with van der Waals surface area (Å²) >= 11 is 0. The molecule has 2 N–H and O–H groups in total. The molecule has 0 aliphatic heterocycles. The average Bonchev–Trinajstić information content (AvgIpc) is 3.01. The number of hydrogen-bond donors (Lipinski definition) is 2. The minimum absolute atomic E-state index is 0.578. The summed E-state index contributed by atoms with van der Waals surface area (Å²) in [6.07, 6.45) is 3.60. The molecule has 0 atom stereocenters. The van der Waals surface area contributed by atoms with Crippen molar-refractivity contribution in [3.63, 3.8) is 0 Å². The normalized spacial score (nSPS) is 10.3. The van der Waals surface area contributed by atoms with E-state index in [1.54, 1.807) is 6.20 Å². The van der Waals surface area contributed by atoms with Gasteiger partial charge in [-0.2, -0.15) is 5.21 Å². The van der Waals surface area contributed by atoms with Gasteiger partial charge in [-0.3, -0.25) is 4.98 Å². The molecule has 0 spiro atoms. The minimum Gasteiger partial charge on any atom is -0.380 e. The lowest BCUT2D eigenvalue weighted by Crippen LogP contribution is -2.01. The molecule has 3 rings (SSSR count). The number of benzene rings is 1. The molecule has 0 aliphatic carbocycles. The van der Waals surface area contributed by atoms with Gasteiger partial charge in [0.1, 0.15) is 0 Å². The Morgan fingerprint density at radius 1 is 1.11 bits per heavy atom. The van der Waals surface area contributed by atoms with Gasteiger partial charge in [-0.05, 0) is 29.0 Å². The van der Waals surface area contributed by atoms with Crippen LogP contribution in [0.3, 0.4) is 0 Å². The van der Waals surface area contributed by atoms with E-state index in [9.17, 15) is 0 Å². The number of hydrogen-bond acceptors (Lipinski definition) is 5. The number of H-pyrrole nitrogens is 1. The fourth-order valence-electron chi connectivity index (χ4n) is 1.81. The molecule has 0 radical (unpaired) electrons. The maximum atomic E-state index is 4.09. The molecule has 0 saturated carbocycles. The minimum atomic E-state index is 0.578. The van der Waals surface area contributed by atoms with Crippen molar-refractivity contribution in [3.8, 4) is 11.4 Å². The number of pyridine rings is 1. The fourth-order valence-corrected chi connectivity index (χ4v) is 1.81. The molecule has 3 aromatic rings. The Kier molecular flexibility index (Phi) is 3.14. The molecule has 94 valence electrons. The Bertz CT molecular complexity index is 635. The Morgan fingerprint density at radius 2 is 2.05 bits per heavy atom. The van der Waals surface area contributed by atoms with E-state index in [0.29, 0.717) is 12.4 Å². The van der Waals surface area contributed by atoms with E-state index in [0.717, 1.165) is 16.8 Å². The highest BCUT2D eigenvalue weighted by atomic mass is 15.5. The smallest absolute Gasteiger partial charge is 0.206 e. The van der Waals surface area contributed by atoms with Gasteiger partial charge >= 0.3 is 0 Å². The first-order valence-electron chi connectivity index (χ1n) is 5.89. The van der Waals surface area contributed by atoms with Crippen molar-refractivity contribution in [2.24, 2.45) is 0 Å². The summed E-state index contributed by atoms with van der Waals surface area (Å²) in [5, 5.41) is 17.4. The van der Waals surface area contributed by atoms with Crippen molar-refractivity contribution < 1.29 is 0 Å². The van der Waals surface area contributed by atoms with E-state index in [1.807, 2.05) is 42.6 Å². The zero-order valence-electron chi connectivity index (χ0n) is 10.1. The van der Waals surface area contributed by atoms with Gasteiger partial charge in [0.2, 0.25) is 5.82 Å². The summed E-state index contributed by atoms with van der Waals surface area (Å²) in [6, 6.07) is 11.8. The molecule has 6 heteroatoms. The maximum Gasteiger partial charge on any atom is 0.206 e. The molecule has 0 aliphatic rings. The summed E-state index contributed by atoms with van der Waals surface area (Å²) in [5.41, 5.74) is 3.00. The molecule has 2 heterocycles. The first-order chi connectivity index (χ1) is 9.43. The van der Waals surface area contributed by atoms with E-state index in [2.05, 4.69) is 30.9 Å². The summed E-state index contributed by atoms with van der Waals surface area (Å²) in [6.45, 7) is 0.697. The predicted octanol–water partition coefficient (Wildman–Crippen LogP) is 1.87. The summed E-state index contributed by atoms with van der Waals surface area (Å²) < 4.78 is 0. The number of rotatable bonds is 4. The molecule has 2 aromatic heterocycles. The van der Waals surface area contributed by atoms with Crippen LogP contribution in [0.1, 0.15) is 5.56 Å². The summed E-state index contributed by atoms with van der Waals surface area (Å²) in [5.74, 6) is 0.578. The van der Waals surface area contributed by atoms with Crippen LogP contribution in [0.15, 0.2) is 48.8 Å². The molecular weight excluding hydrogens is 240 g/mol. The largest absolute Gasteiger partial charge is 0.380 e. The van der Waals surface area contributed by atoms with Crippen LogP contribution in [0.5, 0.6) is 0 Å². The number of aromatic amines is 1. The van der Waals surface area contributed by atoms with Gasteiger partial charge in [0.25, 0.3) is 0 Å². The van der Waals surface area contributed by atoms with Gasteiger partial charge in [-0.1, -0.05) is 18.2 Å². The Balaban J connectivity index is 1.82. The third-order valence-corrected chi connectivity index (χ3v) is 2.72. The van der Waals surface area contributed by atoms with Crippen molar-refractivity contribution in [2.75, 3.05) is 5.32 Å². The number of anilines is 1. The number of nitrogens with one attached hydrogen (secondary N) is 2. The second kappa shape index (κ2) is 5.26. The van der Waals surface area contributed by atoms with Gasteiger partial charge in [0, 0.05) is 30.2 Å². The number of aromatic nitrogens is 5. The van der Waals surface area contributed by atoms with E-state index >= 15 is 0 Å². The van der Waals surface area contributed by atoms with Crippen LogP contribution in [0.2, 0.25) is 0 Å². The molecule has 0 unspecified atom stereocenters. The lowest BCUT2D eigenvalue weighted by Gasteiger charge is -2.09. The van der Waals surface area contributed by atoms with E-state index in [-0.39, 0.29) is 0 Å². The monoisotopic (exact) mass is 252 g/mol. The second-order valence-electron chi connectivity index (χ2n) is 4.00.